The molecule has 3 heterocycles. The van der Waals surface area contributed by atoms with Crippen LogP contribution in [0.2, 0.25) is 0 Å². The van der Waals surface area contributed by atoms with E-state index in [1.807, 2.05) is 49.4 Å². The zero-order valence-corrected chi connectivity index (χ0v) is 15.6. The van der Waals surface area contributed by atoms with Crippen molar-refractivity contribution in [2.45, 2.75) is 25.8 Å². The van der Waals surface area contributed by atoms with E-state index in [0.717, 1.165) is 39.2 Å². The van der Waals surface area contributed by atoms with Gasteiger partial charge >= 0.3 is 0 Å². The lowest BCUT2D eigenvalue weighted by Crippen LogP contribution is -2.14. The zero-order valence-electron chi connectivity index (χ0n) is 14.7. The molecule has 0 atom stereocenters. The monoisotopic (exact) mass is 366 g/mol. The number of carbonyl (C=O) groups excluding carboxylic acids is 1. The highest BCUT2D eigenvalue weighted by Gasteiger charge is 2.14. The summed E-state index contributed by atoms with van der Waals surface area (Å²) in [6.45, 7) is 5.93. The molecule has 132 valence electrons. The highest BCUT2D eigenvalue weighted by Crippen LogP contribution is 2.28. The molecule has 1 amide bonds. The molecule has 6 nitrogen and oxygen atoms in total. The van der Waals surface area contributed by atoms with Crippen molar-refractivity contribution >= 4 is 40.0 Å². The first-order valence-corrected chi connectivity index (χ1v) is 9.22. The lowest BCUT2D eigenvalue weighted by Gasteiger charge is -2.07. The third-order valence-corrected chi connectivity index (χ3v) is 5.00. The van der Waals surface area contributed by atoms with Crippen molar-refractivity contribution in [2.24, 2.45) is 0 Å². The minimum atomic E-state index is -0.0742. The van der Waals surface area contributed by atoms with Gasteiger partial charge in [0.15, 0.2) is 5.58 Å². The van der Waals surface area contributed by atoms with Crippen LogP contribution in [0.25, 0.3) is 16.6 Å². The minimum absolute atomic E-state index is 0.0742. The molecule has 0 bridgehead atoms. The molecular formula is C19H18N4O2S. The third kappa shape index (κ3) is 3.17. The highest BCUT2D eigenvalue weighted by atomic mass is 32.2. The quantitative estimate of drug-likeness (QED) is 0.550. The highest BCUT2D eigenvalue weighted by molar-refractivity contribution is 8.00. The van der Waals surface area contributed by atoms with Crippen molar-refractivity contribution in [3.05, 3.63) is 53.5 Å². The summed E-state index contributed by atoms with van der Waals surface area (Å²) in [7, 11) is 0. The molecule has 0 aliphatic carbocycles. The number of rotatable bonds is 4. The van der Waals surface area contributed by atoms with E-state index in [0.29, 0.717) is 5.03 Å². The number of aromatic nitrogens is 3. The van der Waals surface area contributed by atoms with E-state index in [2.05, 4.69) is 21.6 Å². The van der Waals surface area contributed by atoms with Gasteiger partial charge in [-0.2, -0.15) is 0 Å². The fraction of sp³-hybridized carbons (Fsp3) is 0.211. The van der Waals surface area contributed by atoms with Gasteiger partial charge in [0.05, 0.1) is 16.8 Å². The molecule has 1 aromatic carbocycles. The molecule has 0 saturated carbocycles. The Morgan fingerprint density at radius 3 is 2.65 bits per heavy atom. The fourth-order valence-electron chi connectivity index (χ4n) is 3.08. The summed E-state index contributed by atoms with van der Waals surface area (Å²) >= 11 is 1.36. The zero-order chi connectivity index (χ0) is 18.3. The van der Waals surface area contributed by atoms with Crippen LogP contribution < -0.4 is 5.32 Å². The van der Waals surface area contributed by atoms with Crippen LogP contribution in [0.4, 0.5) is 5.69 Å². The number of anilines is 1. The van der Waals surface area contributed by atoms with Gasteiger partial charge in [0.2, 0.25) is 5.91 Å². The maximum Gasteiger partial charge on any atom is 0.234 e. The topological polar surface area (TPSA) is 72.4 Å². The standard InChI is InChI=1S/C19H18N4O2S/c1-11-4-12(2)6-14(5-11)21-18(24)9-26-19-16-8-17-15(7-13(3)25-17)23(16)10-20-22-19/h4-8,10H,9H2,1-3H3,(H,21,24). The molecule has 0 spiro atoms. The molecule has 0 unspecified atom stereocenters. The second-order valence-corrected chi connectivity index (χ2v) is 7.32. The van der Waals surface area contributed by atoms with Crippen LogP contribution in [0.1, 0.15) is 16.9 Å². The molecule has 4 aromatic rings. The Balaban J connectivity index is 1.52. The van der Waals surface area contributed by atoms with E-state index in [9.17, 15) is 4.79 Å². The molecule has 0 radical (unpaired) electrons. The maximum atomic E-state index is 12.3. The van der Waals surface area contributed by atoms with Crippen molar-refractivity contribution in [3.63, 3.8) is 0 Å². The van der Waals surface area contributed by atoms with Gasteiger partial charge in [-0.1, -0.05) is 17.8 Å². The van der Waals surface area contributed by atoms with Gasteiger partial charge < -0.3 is 9.73 Å². The average Bonchev–Trinajstić information content (AvgIpc) is 3.08. The molecule has 0 aliphatic rings. The van der Waals surface area contributed by atoms with Crippen LogP contribution in [-0.2, 0) is 4.79 Å². The van der Waals surface area contributed by atoms with Crippen LogP contribution >= 0.6 is 11.8 Å². The van der Waals surface area contributed by atoms with Gasteiger partial charge in [-0.05, 0) is 44.0 Å². The first-order valence-electron chi connectivity index (χ1n) is 8.23. The van der Waals surface area contributed by atoms with Crippen LogP contribution in [0.15, 0.2) is 46.1 Å². The third-order valence-electron chi connectivity index (χ3n) is 4.03. The molecule has 3 aromatic heterocycles. The number of furan rings is 1. The second kappa shape index (κ2) is 6.49. The van der Waals surface area contributed by atoms with Gasteiger partial charge in [0, 0.05) is 17.8 Å². The van der Waals surface area contributed by atoms with Gasteiger partial charge in [-0.15, -0.1) is 10.2 Å². The summed E-state index contributed by atoms with van der Waals surface area (Å²) in [4.78, 5) is 12.3. The van der Waals surface area contributed by atoms with E-state index in [4.69, 9.17) is 4.42 Å². The molecule has 26 heavy (non-hydrogen) atoms. The first-order chi connectivity index (χ1) is 12.5. The Bertz CT molecular complexity index is 1110. The van der Waals surface area contributed by atoms with Gasteiger partial charge in [-0.3, -0.25) is 9.20 Å². The minimum Gasteiger partial charge on any atom is -0.460 e. The summed E-state index contributed by atoms with van der Waals surface area (Å²) in [5.74, 6) is 1.03. The Labute approximate surface area is 154 Å². The molecule has 0 saturated heterocycles. The number of hydrogen-bond donors (Lipinski definition) is 1. The van der Waals surface area contributed by atoms with Gasteiger partial charge in [0.25, 0.3) is 0 Å². The van der Waals surface area contributed by atoms with E-state index in [1.165, 1.54) is 11.8 Å². The number of hydrogen-bond acceptors (Lipinski definition) is 5. The smallest absolute Gasteiger partial charge is 0.234 e. The van der Waals surface area contributed by atoms with Crippen LogP contribution in [-0.4, -0.2) is 26.3 Å². The van der Waals surface area contributed by atoms with Crippen LogP contribution in [0.5, 0.6) is 0 Å². The molecular weight excluding hydrogens is 348 g/mol. The SMILES string of the molecule is Cc1cc(C)cc(NC(=O)CSc2nncn3c2cc2oc(C)cc23)c1. The normalized spacial score (nSPS) is 11.3. The molecule has 4 rings (SSSR count). The summed E-state index contributed by atoms with van der Waals surface area (Å²) in [5.41, 5.74) is 5.68. The summed E-state index contributed by atoms with van der Waals surface area (Å²) < 4.78 is 7.60. The largest absolute Gasteiger partial charge is 0.460 e. The second-order valence-electron chi connectivity index (χ2n) is 6.36. The molecule has 0 aliphatic heterocycles. The van der Waals surface area contributed by atoms with E-state index >= 15 is 0 Å². The first kappa shape index (κ1) is 16.7. The lowest BCUT2D eigenvalue weighted by atomic mass is 10.1. The number of thioether (sulfide) groups is 1. The van der Waals surface area contributed by atoms with Crippen molar-refractivity contribution in [1.29, 1.82) is 0 Å². The van der Waals surface area contributed by atoms with Crippen LogP contribution in [0.3, 0.4) is 0 Å². The number of carbonyl (C=O) groups is 1. The fourth-order valence-corrected chi connectivity index (χ4v) is 3.83. The van der Waals surface area contributed by atoms with E-state index in [-0.39, 0.29) is 11.7 Å². The lowest BCUT2D eigenvalue weighted by molar-refractivity contribution is -0.113. The Morgan fingerprint density at radius 2 is 1.88 bits per heavy atom. The number of benzene rings is 1. The summed E-state index contributed by atoms with van der Waals surface area (Å²) in [6.07, 6.45) is 1.66. The Morgan fingerprint density at radius 1 is 1.12 bits per heavy atom. The van der Waals surface area contributed by atoms with Crippen molar-refractivity contribution in [3.8, 4) is 0 Å². The van der Waals surface area contributed by atoms with Gasteiger partial charge in [-0.25, -0.2) is 0 Å². The summed E-state index contributed by atoms with van der Waals surface area (Å²) in [6, 6.07) is 9.89. The molecule has 0 fully saturated rings. The number of nitrogens with zero attached hydrogens (tertiary/aromatic N) is 3. The van der Waals surface area contributed by atoms with Gasteiger partial charge in [0.1, 0.15) is 17.1 Å². The predicted molar refractivity (Wildman–Crippen MR) is 103 cm³/mol. The van der Waals surface area contributed by atoms with Crippen LogP contribution in [0, 0.1) is 20.8 Å². The van der Waals surface area contributed by atoms with E-state index < -0.39 is 0 Å². The van der Waals surface area contributed by atoms with Crippen molar-refractivity contribution < 1.29 is 9.21 Å². The number of amides is 1. The van der Waals surface area contributed by atoms with E-state index in [1.54, 1.807) is 6.33 Å². The average molecular weight is 366 g/mol. The number of fused-ring (bicyclic) bond motifs is 3. The Kier molecular flexibility index (Phi) is 4.16. The predicted octanol–water partition coefficient (Wildman–Crippen LogP) is 4.13. The van der Waals surface area contributed by atoms with Crippen molar-refractivity contribution in [1.82, 2.24) is 14.6 Å². The number of nitrogens with one attached hydrogen (secondary N) is 1. The number of aryl methyl sites for hydroxylation is 3. The maximum absolute atomic E-state index is 12.3. The summed E-state index contributed by atoms with van der Waals surface area (Å²) in [5, 5.41) is 11.9. The molecule has 7 heteroatoms. The molecule has 1 N–H and O–H groups in total. The van der Waals surface area contributed by atoms with Crippen molar-refractivity contribution in [2.75, 3.05) is 11.1 Å². The Hall–Kier alpha value is -2.80.